The van der Waals surface area contributed by atoms with Crippen molar-refractivity contribution in [2.45, 2.75) is 59.5 Å². The van der Waals surface area contributed by atoms with Gasteiger partial charge in [-0.1, -0.05) is 26.0 Å². The van der Waals surface area contributed by atoms with Crippen LogP contribution in [-0.4, -0.2) is 30.7 Å². The van der Waals surface area contributed by atoms with Crippen LogP contribution in [0.5, 0.6) is 0 Å². The fourth-order valence-corrected chi connectivity index (χ4v) is 2.43. The Morgan fingerprint density at radius 3 is 2.76 bits per heavy atom. The van der Waals surface area contributed by atoms with E-state index in [2.05, 4.69) is 25.6 Å². The molecule has 4 N–H and O–H groups in total. The van der Waals surface area contributed by atoms with Gasteiger partial charge in [0.15, 0.2) is 0 Å². The SMILES string of the molecule is CC.CCC(=N)c1c(N)ncnc1NC(C)c1cn(CC2CC2)nn1. The standard InChI is InChI=1S/C15H22N8.C2H6/c1-3-11(16)13-14(17)18-8-19-15(13)20-9(2)12-7-23(22-21-12)6-10-4-5-10;1-2/h7-10,16H,3-6H2,1-2H3,(H3,17,18,19,20);1-2H3. The Kier molecular flexibility index (Phi) is 6.44. The molecule has 2 aromatic rings. The molecule has 1 fully saturated rings. The highest BCUT2D eigenvalue weighted by Crippen LogP contribution is 2.30. The summed E-state index contributed by atoms with van der Waals surface area (Å²) in [4.78, 5) is 8.23. The van der Waals surface area contributed by atoms with Crippen LogP contribution in [0.4, 0.5) is 11.6 Å². The minimum absolute atomic E-state index is 0.0827. The highest BCUT2D eigenvalue weighted by molar-refractivity contribution is 6.05. The smallest absolute Gasteiger partial charge is 0.141 e. The van der Waals surface area contributed by atoms with Gasteiger partial charge >= 0.3 is 0 Å². The van der Waals surface area contributed by atoms with E-state index in [1.165, 1.54) is 19.2 Å². The van der Waals surface area contributed by atoms with Gasteiger partial charge in [-0.2, -0.15) is 0 Å². The van der Waals surface area contributed by atoms with Crippen molar-refractivity contribution < 1.29 is 0 Å². The molecule has 0 radical (unpaired) electrons. The number of anilines is 2. The number of hydrogen-bond acceptors (Lipinski definition) is 7. The second kappa shape index (κ2) is 8.55. The van der Waals surface area contributed by atoms with Crippen molar-refractivity contribution in [2.75, 3.05) is 11.1 Å². The van der Waals surface area contributed by atoms with E-state index < -0.39 is 0 Å². The zero-order chi connectivity index (χ0) is 18.4. The number of aromatic nitrogens is 5. The molecule has 8 heteroatoms. The maximum Gasteiger partial charge on any atom is 0.141 e. The lowest BCUT2D eigenvalue weighted by Crippen LogP contribution is -2.15. The van der Waals surface area contributed by atoms with Gasteiger partial charge in [-0.25, -0.2) is 9.97 Å². The minimum atomic E-state index is -0.0827. The van der Waals surface area contributed by atoms with Gasteiger partial charge in [0.1, 0.15) is 23.7 Å². The molecular weight excluding hydrogens is 316 g/mol. The first-order valence-electron chi connectivity index (χ1n) is 8.93. The predicted octanol–water partition coefficient (Wildman–Crippen LogP) is 3.04. The summed E-state index contributed by atoms with van der Waals surface area (Å²) in [5.74, 6) is 1.64. The van der Waals surface area contributed by atoms with E-state index in [-0.39, 0.29) is 6.04 Å². The van der Waals surface area contributed by atoms with Gasteiger partial charge in [-0.15, -0.1) is 5.10 Å². The van der Waals surface area contributed by atoms with Gasteiger partial charge in [0.2, 0.25) is 0 Å². The molecular formula is C17H28N8. The molecule has 1 aliphatic rings. The molecule has 0 aliphatic heterocycles. The monoisotopic (exact) mass is 344 g/mol. The van der Waals surface area contributed by atoms with Crippen molar-refractivity contribution in [1.82, 2.24) is 25.0 Å². The molecule has 8 nitrogen and oxygen atoms in total. The van der Waals surface area contributed by atoms with Gasteiger partial charge < -0.3 is 16.5 Å². The lowest BCUT2D eigenvalue weighted by molar-refractivity contribution is 0.544. The Hall–Kier alpha value is -2.51. The molecule has 3 rings (SSSR count). The average Bonchev–Trinajstić information content (AvgIpc) is 3.30. The third-order valence-electron chi connectivity index (χ3n) is 4.03. The summed E-state index contributed by atoms with van der Waals surface area (Å²) in [6.07, 6.45) is 6.50. The van der Waals surface area contributed by atoms with E-state index in [1.54, 1.807) is 0 Å². The molecule has 136 valence electrons. The topological polar surface area (TPSA) is 118 Å². The van der Waals surface area contributed by atoms with Crippen molar-refractivity contribution >= 4 is 17.3 Å². The Balaban J connectivity index is 0.00000109. The largest absolute Gasteiger partial charge is 0.383 e. The van der Waals surface area contributed by atoms with Crippen molar-refractivity contribution in [3.05, 3.63) is 23.8 Å². The van der Waals surface area contributed by atoms with Crippen LogP contribution in [0, 0.1) is 11.3 Å². The van der Waals surface area contributed by atoms with E-state index in [1.807, 2.05) is 38.6 Å². The highest BCUT2D eigenvalue weighted by atomic mass is 15.4. The van der Waals surface area contributed by atoms with Crippen LogP contribution in [0.2, 0.25) is 0 Å². The van der Waals surface area contributed by atoms with Crippen molar-refractivity contribution in [1.29, 1.82) is 5.41 Å². The van der Waals surface area contributed by atoms with E-state index in [9.17, 15) is 0 Å². The summed E-state index contributed by atoms with van der Waals surface area (Å²) in [5.41, 5.74) is 7.73. The third-order valence-corrected chi connectivity index (χ3v) is 4.03. The summed E-state index contributed by atoms with van der Waals surface area (Å²) in [6.45, 7) is 8.83. The van der Waals surface area contributed by atoms with Gasteiger partial charge in [-0.05, 0) is 32.1 Å². The second-order valence-corrected chi connectivity index (χ2v) is 5.99. The van der Waals surface area contributed by atoms with E-state index in [0.717, 1.165) is 18.2 Å². The maximum absolute atomic E-state index is 8.06. The molecule has 1 saturated carbocycles. The first kappa shape index (κ1) is 18.8. The van der Waals surface area contributed by atoms with Crippen LogP contribution in [0.15, 0.2) is 12.5 Å². The summed E-state index contributed by atoms with van der Waals surface area (Å²) in [7, 11) is 0. The highest BCUT2D eigenvalue weighted by Gasteiger charge is 2.23. The normalized spacial score (nSPS) is 14.4. The minimum Gasteiger partial charge on any atom is -0.383 e. The molecule has 1 atom stereocenters. The summed E-state index contributed by atoms with van der Waals surface area (Å²) in [6, 6.07) is -0.0827. The fourth-order valence-electron chi connectivity index (χ4n) is 2.43. The average molecular weight is 344 g/mol. The summed E-state index contributed by atoms with van der Waals surface area (Å²) >= 11 is 0. The van der Waals surface area contributed by atoms with Crippen LogP contribution in [0.25, 0.3) is 0 Å². The third kappa shape index (κ3) is 4.74. The summed E-state index contributed by atoms with van der Waals surface area (Å²) < 4.78 is 1.90. The lowest BCUT2D eigenvalue weighted by atomic mass is 10.1. The molecule has 0 bridgehead atoms. The number of rotatable bonds is 7. The Morgan fingerprint density at radius 1 is 1.40 bits per heavy atom. The van der Waals surface area contributed by atoms with Crippen molar-refractivity contribution in [2.24, 2.45) is 5.92 Å². The van der Waals surface area contributed by atoms with Crippen molar-refractivity contribution in [3.8, 4) is 0 Å². The first-order valence-corrected chi connectivity index (χ1v) is 8.93. The molecule has 1 aliphatic carbocycles. The number of hydrogen-bond donors (Lipinski definition) is 3. The molecule has 0 saturated heterocycles. The van der Waals surface area contributed by atoms with Crippen LogP contribution >= 0.6 is 0 Å². The van der Waals surface area contributed by atoms with Gasteiger partial charge in [0.25, 0.3) is 0 Å². The van der Waals surface area contributed by atoms with Gasteiger partial charge in [-0.3, -0.25) is 4.68 Å². The zero-order valence-electron chi connectivity index (χ0n) is 15.5. The molecule has 2 aromatic heterocycles. The first-order chi connectivity index (χ1) is 12.1. The predicted molar refractivity (Wildman–Crippen MR) is 99.7 cm³/mol. The van der Waals surface area contributed by atoms with Crippen molar-refractivity contribution in [3.63, 3.8) is 0 Å². The molecule has 1 unspecified atom stereocenters. The lowest BCUT2D eigenvalue weighted by Gasteiger charge is -2.16. The number of nitrogens with two attached hydrogens (primary N) is 1. The Bertz CT molecular complexity index is 704. The quantitative estimate of drug-likeness (QED) is 0.664. The second-order valence-electron chi connectivity index (χ2n) is 5.99. The molecule has 0 amide bonds. The molecule has 0 spiro atoms. The number of nitrogens with one attached hydrogen (secondary N) is 2. The number of nitrogens with zero attached hydrogens (tertiary/aromatic N) is 5. The molecule has 25 heavy (non-hydrogen) atoms. The van der Waals surface area contributed by atoms with Crippen LogP contribution in [-0.2, 0) is 6.54 Å². The fraction of sp³-hybridized carbons (Fsp3) is 0.588. The zero-order valence-corrected chi connectivity index (χ0v) is 15.5. The van der Waals surface area contributed by atoms with E-state index >= 15 is 0 Å². The van der Waals surface area contributed by atoms with Crippen LogP contribution in [0.3, 0.4) is 0 Å². The Labute approximate surface area is 148 Å². The van der Waals surface area contributed by atoms with E-state index in [4.69, 9.17) is 11.1 Å². The maximum atomic E-state index is 8.06. The molecule has 2 heterocycles. The summed E-state index contributed by atoms with van der Waals surface area (Å²) in [5, 5.41) is 19.8. The van der Waals surface area contributed by atoms with Crippen LogP contribution in [0.1, 0.15) is 64.3 Å². The van der Waals surface area contributed by atoms with Gasteiger partial charge in [0, 0.05) is 12.3 Å². The Morgan fingerprint density at radius 2 is 2.12 bits per heavy atom. The van der Waals surface area contributed by atoms with E-state index in [0.29, 0.717) is 29.3 Å². The number of nitrogen functional groups attached to an aromatic ring is 1. The van der Waals surface area contributed by atoms with Gasteiger partial charge in [0.05, 0.1) is 17.8 Å². The molecule has 0 aromatic carbocycles. The van der Waals surface area contributed by atoms with Crippen LogP contribution < -0.4 is 11.1 Å².